The normalized spacial score (nSPS) is 18.2. The fourth-order valence-corrected chi connectivity index (χ4v) is 4.43. The third kappa shape index (κ3) is 6.80. The number of allylic oxidation sites excluding steroid dienone is 4. The SMILES string of the molecule is CCOC(Cc1ccc(OCCN2C(=O)COc3ccc(CC4C=CC=CC4=NOC)cc32)cc1)C(=O)O. The molecular weight excluding hydrogens is 488 g/mol. The molecule has 2 aromatic carbocycles. The fourth-order valence-electron chi connectivity index (χ4n) is 4.43. The Bertz CT molecular complexity index is 1220. The zero-order chi connectivity index (χ0) is 26.9. The predicted octanol–water partition coefficient (Wildman–Crippen LogP) is 3.81. The summed E-state index contributed by atoms with van der Waals surface area (Å²) in [4.78, 5) is 30.7. The Labute approximate surface area is 221 Å². The molecule has 1 N–H and O–H groups in total. The highest BCUT2D eigenvalue weighted by molar-refractivity contribution is 5.99. The van der Waals surface area contributed by atoms with Gasteiger partial charge in [0, 0.05) is 18.9 Å². The molecular formula is C29H32N2O7. The van der Waals surface area contributed by atoms with Gasteiger partial charge in [-0.3, -0.25) is 4.79 Å². The summed E-state index contributed by atoms with van der Waals surface area (Å²) >= 11 is 0. The van der Waals surface area contributed by atoms with Crippen molar-refractivity contribution < 1.29 is 33.7 Å². The van der Waals surface area contributed by atoms with Crippen molar-refractivity contribution in [2.75, 3.05) is 38.4 Å². The van der Waals surface area contributed by atoms with Crippen LogP contribution >= 0.6 is 0 Å². The Morgan fingerprint density at radius 2 is 1.97 bits per heavy atom. The second-order valence-corrected chi connectivity index (χ2v) is 8.87. The van der Waals surface area contributed by atoms with Crippen LogP contribution in [0.25, 0.3) is 0 Å². The molecule has 1 heterocycles. The van der Waals surface area contributed by atoms with Crippen molar-refractivity contribution in [2.45, 2.75) is 25.9 Å². The van der Waals surface area contributed by atoms with E-state index in [0.717, 1.165) is 16.8 Å². The van der Waals surface area contributed by atoms with Gasteiger partial charge in [-0.05, 0) is 54.8 Å². The van der Waals surface area contributed by atoms with Crippen LogP contribution in [-0.2, 0) is 32.0 Å². The van der Waals surface area contributed by atoms with Crippen LogP contribution in [0.5, 0.6) is 11.5 Å². The molecule has 1 aliphatic carbocycles. The molecule has 1 aliphatic heterocycles. The Hall–Kier alpha value is -4.11. The standard InChI is InChI=1S/C29H32N2O7/c1-3-36-27(29(33)34)18-20-8-11-23(12-9-20)37-15-14-31-25-17-21(10-13-26(25)38-19-28(31)32)16-22-6-4-5-7-24(22)30-35-2/h4-13,17,22,27H,3,14-16,18-19H2,1-2H3,(H,33,34). The molecule has 2 atom stereocenters. The third-order valence-corrected chi connectivity index (χ3v) is 6.29. The number of hydrogen-bond donors (Lipinski definition) is 1. The number of carbonyl (C=O) groups is 2. The summed E-state index contributed by atoms with van der Waals surface area (Å²) in [5.74, 6) is 0.240. The smallest absolute Gasteiger partial charge is 0.333 e. The first kappa shape index (κ1) is 26.9. The number of carboxylic acid groups (broad SMARTS) is 1. The lowest BCUT2D eigenvalue weighted by atomic mass is 9.91. The van der Waals surface area contributed by atoms with Gasteiger partial charge in [0.2, 0.25) is 0 Å². The molecule has 38 heavy (non-hydrogen) atoms. The van der Waals surface area contributed by atoms with E-state index in [0.29, 0.717) is 36.8 Å². The molecule has 0 aromatic heterocycles. The molecule has 2 aliphatic rings. The number of carbonyl (C=O) groups excluding carboxylic acids is 1. The minimum atomic E-state index is -0.985. The van der Waals surface area contributed by atoms with E-state index in [1.165, 1.54) is 7.11 Å². The second kappa shape index (κ2) is 12.9. The van der Waals surface area contributed by atoms with Gasteiger partial charge in [-0.2, -0.15) is 0 Å². The summed E-state index contributed by atoms with van der Waals surface area (Å²) in [5, 5.41) is 13.4. The number of fused-ring (bicyclic) bond motifs is 1. The molecule has 2 aromatic rings. The molecule has 4 rings (SSSR count). The molecule has 9 heteroatoms. The van der Waals surface area contributed by atoms with Crippen LogP contribution in [0.1, 0.15) is 18.1 Å². The number of anilines is 1. The van der Waals surface area contributed by atoms with E-state index in [2.05, 4.69) is 11.2 Å². The molecule has 0 saturated carbocycles. The van der Waals surface area contributed by atoms with Crippen molar-refractivity contribution in [3.63, 3.8) is 0 Å². The van der Waals surface area contributed by atoms with Crippen molar-refractivity contribution in [3.8, 4) is 11.5 Å². The monoisotopic (exact) mass is 520 g/mol. The van der Waals surface area contributed by atoms with Gasteiger partial charge in [0.05, 0.1) is 17.9 Å². The second-order valence-electron chi connectivity index (χ2n) is 8.87. The maximum Gasteiger partial charge on any atom is 0.333 e. The lowest BCUT2D eigenvalue weighted by Crippen LogP contribution is -2.41. The first-order chi connectivity index (χ1) is 18.5. The number of ether oxygens (including phenoxy) is 3. The Kier molecular flexibility index (Phi) is 9.16. The quantitative estimate of drug-likeness (QED) is 0.424. The fraction of sp³-hybridized carbons (Fsp3) is 0.345. The van der Waals surface area contributed by atoms with Gasteiger partial charge in [-0.25, -0.2) is 4.79 Å². The van der Waals surface area contributed by atoms with E-state index in [9.17, 15) is 14.7 Å². The largest absolute Gasteiger partial charge is 0.492 e. The zero-order valence-electron chi connectivity index (χ0n) is 21.5. The molecule has 200 valence electrons. The van der Waals surface area contributed by atoms with Gasteiger partial charge in [0.15, 0.2) is 12.7 Å². The summed E-state index contributed by atoms with van der Waals surface area (Å²) in [6, 6.07) is 13.1. The van der Waals surface area contributed by atoms with Gasteiger partial charge in [-0.15, -0.1) is 0 Å². The number of hydrogen-bond acceptors (Lipinski definition) is 7. The van der Waals surface area contributed by atoms with Crippen LogP contribution in [0.3, 0.4) is 0 Å². The lowest BCUT2D eigenvalue weighted by molar-refractivity contribution is -0.149. The van der Waals surface area contributed by atoms with Gasteiger partial charge in [-0.1, -0.05) is 41.6 Å². The van der Waals surface area contributed by atoms with E-state index < -0.39 is 12.1 Å². The molecule has 0 bridgehead atoms. The maximum absolute atomic E-state index is 12.7. The number of aliphatic carboxylic acids is 1. The molecule has 0 spiro atoms. The summed E-state index contributed by atoms with van der Waals surface area (Å²) in [7, 11) is 1.53. The van der Waals surface area contributed by atoms with Crippen LogP contribution in [0.2, 0.25) is 0 Å². The summed E-state index contributed by atoms with van der Waals surface area (Å²) in [6.07, 6.45) is 8.02. The highest BCUT2D eigenvalue weighted by atomic mass is 16.6. The summed E-state index contributed by atoms with van der Waals surface area (Å²) in [6.45, 7) is 2.72. The minimum absolute atomic E-state index is 0.0214. The predicted molar refractivity (Wildman–Crippen MR) is 143 cm³/mol. The van der Waals surface area contributed by atoms with E-state index in [4.69, 9.17) is 19.0 Å². The highest BCUT2D eigenvalue weighted by Gasteiger charge is 2.26. The Morgan fingerprint density at radius 3 is 2.71 bits per heavy atom. The van der Waals surface area contributed by atoms with Crippen molar-refractivity contribution >= 4 is 23.3 Å². The van der Waals surface area contributed by atoms with Crippen molar-refractivity contribution in [2.24, 2.45) is 11.1 Å². The topological polar surface area (TPSA) is 107 Å². The first-order valence-corrected chi connectivity index (χ1v) is 12.6. The minimum Gasteiger partial charge on any atom is -0.492 e. The van der Waals surface area contributed by atoms with E-state index in [1.54, 1.807) is 24.0 Å². The van der Waals surface area contributed by atoms with Gasteiger partial charge in [0.25, 0.3) is 5.91 Å². The van der Waals surface area contributed by atoms with Crippen molar-refractivity contribution in [1.82, 2.24) is 0 Å². The van der Waals surface area contributed by atoms with Crippen LogP contribution in [0.4, 0.5) is 5.69 Å². The van der Waals surface area contributed by atoms with Gasteiger partial charge in [0.1, 0.15) is 25.2 Å². The molecule has 0 fully saturated rings. The number of benzene rings is 2. The molecule has 0 saturated heterocycles. The number of carboxylic acids is 1. The number of nitrogens with zero attached hydrogens (tertiary/aromatic N) is 2. The average molecular weight is 521 g/mol. The molecule has 2 unspecified atom stereocenters. The number of amides is 1. The van der Waals surface area contributed by atoms with Crippen LogP contribution in [-0.4, -0.2) is 62.3 Å². The number of rotatable bonds is 12. The third-order valence-electron chi connectivity index (χ3n) is 6.29. The molecule has 9 nitrogen and oxygen atoms in total. The summed E-state index contributed by atoms with van der Waals surface area (Å²) in [5.41, 5.74) is 3.44. The van der Waals surface area contributed by atoms with Crippen LogP contribution in [0, 0.1) is 5.92 Å². The maximum atomic E-state index is 12.7. The Balaban J connectivity index is 1.38. The molecule has 0 radical (unpaired) electrons. The average Bonchev–Trinajstić information content (AvgIpc) is 2.92. The Morgan fingerprint density at radius 1 is 1.18 bits per heavy atom. The van der Waals surface area contributed by atoms with E-state index in [1.807, 2.05) is 48.6 Å². The van der Waals surface area contributed by atoms with Crippen LogP contribution < -0.4 is 14.4 Å². The van der Waals surface area contributed by atoms with E-state index in [-0.39, 0.29) is 31.5 Å². The highest BCUT2D eigenvalue weighted by Crippen LogP contribution is 2.34. The van der Waals surface area contributed by atoms with Crippen molar-refractivity contribution in [3.05, 3.63) is 77.9 Å². The zero-order valence-corrected chi connectivity index (χ0v) is 21.5. The first-order valence-electron chi connectivity index (χ1n) is 12.6. The lowest BCUT2D eigenvalue weighted by Gasteiger charge is -2.30. The van der Waals surface area contributed by atoms with Crippen LogP contribution in [0.15, 0.2) is 71.9 Å². The van der Waals surface area contributed by atoms with Crippen molar-refractivity contribution in [1.29, 1.82) is 0 Å². The van der Waals surface area contributed by atoms with Gasteiger partial charge >= 0.3 is 5.97 Å². The van der Waals surface area contributed by atoms with Gasteiger partial charge < -0.3 is 29.1 Å². The summed E-state index contributed by atoms with van der Waals surface area (Å²) < 4.78 is 16.8. The molecule has 1 amide bonds. The number of oxime groups is 1. The van der Waals surface area contributed by atoms with E-state index >= 15 is 0 Å².